The number of hydrogen-bond donors (Lipinski definition) is 1. The molecule has 6 nitrogen and oxygen atoms in total. The summed E-state index contributed by atoms with van der Waals surface area (Å²) in [5, 5.41) is 0. The van der Waals surface area contributed by atoms with Crippen LogP contribution in [-0.4, -0.2) is 51.9 Å². The molecule has 0 amide bonds. The Kier molecular flexibility index (Phi) is 4.83. The van der Waals surface area contributed by atoms with Crippen LogP contribution in [0.1, 0.15) is 24.7 Å². The molecule has 3 atom stereocenters. The van der Waals surface area contributed by atoms with E-state index in [1.165, 1.54) is 12.3 Å². The fourth-order valence-corrected chi connectivity index (χ4v) is 4.70. The highest BCUT2D eigenvalue weighted by Gasteiger charge is 2.57. The van der Waals surface area contributed by atoms with Crippen LogP contribution in [0.15, 0.2) is 18.5 Å². The molecule has 11 heteroatoms. The molecule has 2 N–H and O–H groups in total. The van der Waals surface area contributed by atoms with Gasteiger partial charge in [-0.15, -0.1) is 13.2 Å². The zero-order chi connectivity index (χ0) is 21.9. The monoisotopic (exact) mass is 443 g/mol. The molecule has 2 saturated carbocycles. The maximum atomic E-state index is 12.7. The molecule has 3 heterocycles. The Balaban J connectivity index is 1.39. The number of fused-ring (bicyclic) bond motifs is 1. The number of nitrogens with zero attached hydrogens (tertiary/aromatic N) is 4. The van der Waals surface area contributed by atoms with Crippen LogP contribution in [0.3, 0.4) is 0 Å². The first-order valence-electron chi connectivity index (χ1n) is 10.3. The van der Waals surface area contributed by atoms with Gasteiger partial charge < -0.3 is 15.0 Å². The first kappa shape index (κ1) is 20.5. The quantitative estimate of drug-likeness (QED) is 0.661. The van der Waals surface area contributed by atoms with Gasteiger partial charge >= 0.3 is 6.36 Å². The lowest BCUT2D eigenvalue weighted by Crippen LogP contribution is -2.30. The second-order valence-corrected chi connectivity index (χ2v) is 8.68. The Labute approximate surface area is 175 Å². The third-order valence-corrected chi connectivity index (χ3v) is 6.32. The summed E-state index contributed by atoms with van der Waals surface area (Å²) in [6, 6.07) is 1.39. The molecule has 1 aliphatic heterocycles. The topological polar surface area (TPSA) is 69.2 Å². The van der Waals surface area contributed by atoms with Crippen molar-refractivity contribution < 1.29 is 26.7 Å². The fourth-order valence-electron chi connectivity index (χ4n) is 4.70. The van der Waals surface area contributed by atoms with Crippen molar-refractivity contribution in [2.45, 2.75) is 38.1 Å². The summed E-state index contributed by atoms with van der Waals surface area (Å²) in [5.41, 5.74) is 6.42. The zero-order valence-corrected chi connectivity index (χ0v) is 16.5. The number of nitrogens with two attached hydrogens (primary N) is 1. The summed E-state index contributed by atoms with van der Waals surface area (Å²) in [4.78, 5) is 10.3. The molecule has 0 radical (unpaired) electrons. The average molecular weight is 443 g/mol. The standard InChI is InChI=1S/C20H22F5N5O/c21-16(22)9-29-6-12-13(7-29)18(12)30-8-14(28-17(30)3-10-1-2-10)11-4-15(19(26)27-5-11)31-20(23,24)25/h4-5,8,10,12-13,16,18H,1-3,6-7,9H2,(H2,26,27)/t12-,13+,18+. The van der Waals surface area contributed by atoms with E-state index < -0.39 is 18.5 Å². The highest BCUT2D eigenvalue weighted by molar-refractivity contribution is 5.64. The second-order valence-electron chi connectivity index (χ2n) is 8.68. The molecule has 1 saturated heterocycles. The SMILES string of the molecule is Nc1ncc(-c2cn([C@H]3[C@@H]4CN(CC(F)F)C[C@@H]43)c(CC3CC3)n2)cc1OC(F)(F)F. The molecular formula is C20H22F5N5O. The van der Waals surface area contributed by atoms with Gasteiger partial charge in [-0.3, -0.25) is 4.90 Å². The van der Waals surface area contributed by atoms with Gasteiger partial charge in [0.2, 0.25) is 0 Å². The van der Waals surface area contributed by atoms with E-state index in [9.17, 15) is 22.0 Å². The maximum Gasteiger partial charge on any atom is 0.573 e. The molecular weight excluding hydrogens is 421 g/mol. The first-order valence-corrected chi connectivity index (χ1v) is 10.3. The van der Waals surface area contributed by atoms with Gasteiger partial charge in [0.05, 0.1) is 12.2 Å². The number of pyridine rings is 1. The van der Waals surface area contributed by atoms with E-state index in [1.54, 1.807) is 4.90 Å². The van der Waals surface area contributed by atoms with Crippen molar-refractivity contribution in [2.75, 3.05) is 25.4 Å². The van der Waals surface area contributed by atoms with E-state index in [4.69, 9.17) is 10.7 Å². The van der Waals surface area contributed by atoms with E-state index in [1.807, 2.05) is 6.20 Å². The molecule has 0 spiro atoms. The number of likely N-dealkylation sites (tertiary alicyclic amines) is 1. The van der Waals surface area contributed by atoms with Crippen molar-refractivity contribution in [3.05, 3.63) is 24.3 Å². The smallest absolute Gasteiger partial charge is 0.402 e. The van der Waals surface area contributed by atoms with Crippen molar-refractivity contribution in [2.24, 2.45) is 17.8 Å². The Hall–Kier alpha value is -2.43. The predicted octanol–water partition coefficient (Wildman–Crippen LogP) is 3.75. The third kappa shape index (κ3) is 4.32. The summed E-state index contributed by atoms with van der Waals surface area (Å²) < 4.78 is 69.4. The number of imidazole rings is 1. The minimum Gasteiger partial charge on any atom is -0.402 e. The van der Waals surface area contributed by atoms with E-state index in [0.717, 1.165) is 25.1 Å². The van der Waals surface area contributed by atoms with Crippen LogP contribution in [0.4, 0.5) is 27.8 Å². The van der Waals surface area contributed by atoms with E-state index in [2.05, 4.69) is 14.3 Å². The number of alkyl halides is 5. The molecule has 0 aromatic carbocycles. The number of nitrogen functional groups attached to an aromatic ring is 1. The second kappa shape index (κ2) is 7.32. The van der Waals surface area contributed by atoms with Crippen LogP contribution < -0.4 is 10.5 Å². The largest absolute Gasteiger partial charge is 0.573 e. The van der Waals surface area contributed by atoms with Gasteiger partial charge in [0.1, 0.15) is 5.82 Å². The van der Waals surface area contributed by atoms with Gasteiger partial charge in [-0.05, 0) is 36.7 Å². The average Bonchev–Trinajstić information content (AvgIpc) is 3.51. The molecule has 2 aromatic rings. The van der Waals surface area contributed by atoms with Crippen LogP contribution in [0.25, 0.3) is 11.3 Å². The van der Waals surface area contributed by atoms with Crippen molar-refractivity contribution in [3.63, 3.8) is 0 Å². The number of aromatic nitrogens is 3. The molecule has 168 valence electrons. The van der Waals surface area contributed by atoms with Gasteiger partial charge in [-0.25, -0.2) is 18.7 Å². The van der Waals surface area contributed by atoms with Gasteiger partial charge in [0.25, 0.3) is 6.43 Å². The summed E-state index contributed by atoms with van der Waals surface area (Å²) in [7, 11) is 0. The summed E-state index contributed by atoms with van der Waals surface area (Å²) in [6.45, 7) is 1.05. The van der Waals surface area contributed by atoms with E-state index >= 15 is 0 Å². The highest BCUT2D eigenvalue weighted by atomic mass is 19.4. The Morgan fingerprint density at radius 3 is 2.52 bits per heavy atom. The van der Waals surface area contributed by atoms with Crippen LogP contribution in [0, 0.1) is 17.8 Å². The van der Waals surface area contributed by atoms with Gasteiger partial charge in [-0.1, -0.05) is 0 Å². The van der Waals surface area contributed by atoms with E-state index in [-0.39, 0.29) is 18.4 Å². The summed E-state index contributed by atoms with van der Waals surface area (Å²) in [6.07, 6.45) is -0.935. The third-order valence-electron chi connectivity index (χ3n) is 6.32. The summed E-state index contributed by atoms with van der Waals surface area (Å²) >= 11 is 0. The number of ether oxygens (including phenoxy) is 1. The number of hydrogen-bond acceptors (Lipinski definition) is 5. The Bertz CT molecular complexity index is 961. The highest BCUT2D eigenvalue weighted by Crippen LogP contribution is 2.56. The van der Waals surface area contributed by atoms with Crippen molar-refractivity contribution in [3.8, 4) is 17.0 Å². The minimum atomic E-state index is -4.87. The number of halogens is 5. The van der Waals surface area contributed by atoms with Crippen LogP contribution in [0.5, 0.6) is 5.75 Å². The number of piperidine rings is 1. The molecule has 0 bridgehead atoms. The van der Waals surface area contributed by atoms with Crippen LogP contribution >= 0.6 is 0 Å². The van der Waals surface area contributed by atoms with Crippen molar-refractivity contribution >= 4 is 5.82 Å². The predicted molar refractivity (Wildman–Crippen MR) is 101 cm³/mol. The maximum absolute atomic E-state index is 12.7. The van der Waals surface area contributed by atoms with Crippen LogP contribution in [0.2, 0.25) is 0 Å². The van der Waals surface area contributed by atoms with Gasteiger partial charge in [0.15, 0.2) is 11.6 Å². The lowest BCUT2D eigenvalue weighted by Gasteiger charge is -2.19. The normalized spacial score (nSPS) is 25.8. The molecule has 2 aliphatic carbocycles. The molecule has 3 fully saturated rings. The lowest BCUT2D eigenvalue weighted by atomic mass is 10.2. The number of anilines is 1. The van der Waals surface area contributed by atoms with Crippen LogP contribution in [-0.2, 0) is 6.42 Å². The van der Waals surface area contributed by atoms with E-state index in [0.29, 0.717) is 42.1 Å². The molecule has 31 heavy (non-hydrogen) atoms. The Morgan fingerprint density at radius 1 is 1.19 bits per heavy atom. The fraction of sp³-hybridized carbons (Fsp3) is 0.600. The molecule has 3 aliphatic rings. The first-order chi connectivity index (χ1) is 14.7. The molecule has 0 unspecified atom stereocenters. The summed E-state index contributed by atoms with van der Waals surface area (Å²) in [5.74, 6) is 1.13. The minimum absolute atomic E-state index is 0.191. The van der Waals surface area contributed by atoms with Gasteiger partial charge in [-0.2, -0.15) is 0 Å². The van der Waals surface area contributed by atoms with Gasteiger partial charge in [0, 0.05) is 43.5 Å². The number of rotatable bonds is 7. The van der Waals surface area contributed by atoms with Crippen molar-refractivity contribution in [1.82, 2.24) is 19.4 Å². The lowest BCUT2D eigenvalue weighted by molar-refractivity contribution is -0.274. The zero-order valence-electron chi connectivity index (χ0n) is 16.5. The Morgan fingerprint density at radius 2 is 1.90 bits per heavy atom. The molecule has 5 rings (SSSR count). The molecule has 2 aromatic heterocycles. The van der Waals surface area contributed by atoms with Crippen molar-refractivity contribution in [1.29, 1.82) is 0 Å².